The number of hydrogen-bond acceptors (Lipinski definition) is 0. The minimum Gasteiger partial charge on any atom is -0.493 e. The molecule has 0 saturated heterocycles. The molecule has 1 aliphatic heterocycles. The maximum absolute atomic E-state index is 12.5. The van der Waals surface area contributed by atoms with Gasteiger partial charge in [0.2, 0.25) is 11.4 Å². The van der Waals surface area contributed by atoms with Crippen LogP contribution in [-0.4, -0.2) is 4.70 Å². The largest absolute Gasteiger partial charge is 2.00 e. The van der Waals surface area contributed by atoms with Gasteiger partial charge in [-0.3, -0.25) is 0 Å². The summed E-state index contributed by atoms with van der Waals surface area (Å²) in [7, 11) is 0. The Morgan fingerprint density at radius 3 is 1.02 bits per heavy atom. The molecule has 0 bridgehead atoms. The van der Waals surface area contributed by atoms with E-state index in [-0.39, 0.29) is 20.4 Å². The third-order valence-corrected chi connectivity index (χ3v) is 11.6. The van der Waals surface area contributed by atoms with Gasteiger partial charge in [0.25, 0.3) is 0 Å². The molecular formula is C58H82N2Pd. The monoisotopic (exact) mass is 913 g/mol. The van der Waals surface area contributed by atoms with Crippen LogP contribution in [0.4, 0.5) is 0 Å². The van der Waals surface area contributed by atoms with Crippen LogP contribution in [0.15, 0.2) is 96.1 Å². The summed E-state index contributed by atoms with van der Waals surface area (Å²) in [4.78, 5) is 0. The van der Waals surface area contributed by atoms with Gasteiger partial charge in [-0.15, -0.1) is 0 Å². The molecule has 0 N–H and O–H groups in total. The van der Waals surface area contributed by atoms with Gasteiger partial charge in [0.05, 0.1) is 0 Å². The summed E-state index contributed by atoms with van der Waals surface area (Å²) in [6.07, 6.45) is 26.1. The number of rotatable bonds is 24. The smallest absolute Gasteiger partial charge is 0.493 e. The van der Waals surface area contributed by atoms with Crippen molar-refractivity contribution in [3.63, 3.8) is 0 Å². The Kier molecular flexibility index (Phi) is 28.5. The van der Waals surface area contributed by atoms with E-state index in [1.165, 1.54) is 146 Å². The first-order valence-electron chi connectivity index (χ1n) is 24.4. The van der Waals surface area contributed by atoms with Crippen LogP contribution in [0.2, 0.25) is 0 Å². The minimum absolute atomic E-state index is 0. The van der Waals surface area contributed by atoms with Crippen LogP contribution in [0.5, 0.6) is 0 Å². The third-order valence-electron chi connectivity index (χ3n) is 11.6. The Hall–Kier alpha value is -3.38. The zero-order valence-electron chi connectivity index (χ0n) is 39.8. The molecular weight excluding hydrogens is 831 g/mol. The van der Waals surface area contributed by atoms with E-state index < -0.39 is 0 Å². The minimum atomic E-state index is 0. The molecule has 0 radical (unpaired) electrons. The SMILES string of the molecule is CCCCCCC1=C(c2cc(CCCC)cc(CCCCC)c2)[N+](=[N-])C(c2cc(CCCC)cc(CCCCC)c2)=C1CCCC.Cc1cc[c-]cc1.Cc1cc[c-]cc1.[Pd+2]. The van der Waals surface area contributed by atoms with Crippen molar-refractivity contribution in [2.75, 3.05) is 0 Å². The number of nitrogens with zero attached hydrogens (tertiary/aromatic N) is 2. The summed E-state index contributed by atoms with van der Waals surface area (Å²) in [6, 6.07) is 36.2. The summed E-state index contributed by atoms with van der Waals surface area (Å²) in [6.45, 7) is 17.9. The summed E-state index contributed by atoms with van der Waals surface area (Å²) < 4.78 is 1.66. The van der Waals surface area contributed by atoms with Gasteiger partial charge < -0.3 is 5.53 Å². The zero-order valence-corrected chi connectivity index (χ0v) is 41.4. The second-order valence-electron chi connectivity index (χ2n) is 17.2. The van der Waals surface area contributed by atoms with Crippen molar-refractivity contribution in [2.24, 2.45) is 0 Å². The number of allylic oxidation sites excluding steroid dienone is 2. The van der Waals surface area contributed by atoms with Crippen molar-refractivity contribution in [1.82, 2.24) is 0 Å². The molecule has 334 valence electrons. The molecule has 0 fully saturated rings. The molecule has 4 aromatic rings. The number of benzene rings is 4. The molecule has 0 amide bonds. The van der Waals surface area contributed by atoms with Crippen molar-refractivity contribution >= 4 is 11.4 Å². The van der Waals surface area contributed by atoms with Crippen LogP contribution >= 0.6 is 0 Å². The number of aryl methyl sites for hydroxylation is 6. The molecule has 1 heterocycles. The zero-order chi connectivity index (χ0) is 43.4. The first kappa shape index (κ1) is 53.8. The number of hydrogen-bond donors (Lipinski definition) is 0. The van der Waals surface area contributed by atoms with Gasteiger partial charge in [-0.1, -0.05) is 132 Å². The van der Waals surface area contributed by atoms with Crippen molar-refractivity contribution in [3.05, 3.63) is 158 Å². The average Bonchev–Trinajstić information content (AvgIpc) is 3.54. The molecule has 61 heavy (non-hydrogen) atoms. The van der Waals surface area contributed by atoms with Gasteiger partial charge in [-0.25, -0.2) is 4.70 Å². The predicted octanol–water partition coefficient (Wildman–Crippen LogP) is 17.8. The fourth-order valence-electron chi connectivity index (χ4n) is 8.10. The van der Waals surface area contributed by atoms with Crippen molar-refractivity contribution < 1.29 is 25.1 Å². The van der Waals surface area contributed by atoms with Crippen molar-refractivity contribution in [2.45, 2.75) is 197 Å². The fraction of sp³-hybridized carbons (Fsp3) is 0.517. The summed E-state index contributed by atoms with van der Waals surface area (Å²) in [5.41, 5.74) is 28.2. The Bertz CT molecular complexity index is 1810. The van der Waals surface area contributed by atoms with Crippen LogP contribution < -0.4 is 0 Å². The Morgan fingerprint density at radius 2 is 0.689 bits per heavy atom. The topological polar surface area (TPSA) is 25.3 Å². The Balaban J connectivity index is 0.000000715. The molecule has 0 spiro atoms. The van der Waals surface area contributed by atoms with E-state index in [1.807, 2.05) is 48.5 Å². The fourth-order valence-corrected chi connectivity index (χ4v) is 8.10. The van der Waals surface area contributed by atoms with Crippen LogP contribution in [0.1, 0.15) is 202 Å². The standard InChI is InChI=1S/C44H68N2.2C7H7.Pd/c1-7-13-19-22-28-42-41(27-18-12-6)43(39-31-35(23-16-10-4)29-37(33-39)25-20-14-8-2)46(45)44(42)40-32-36(24-17-11-5)30-38(34-40)26-21-15-9-3;2*1-7-5-3-2-4-6-7;/h29-34H,7-28H2,1-6H3;2*3-6H,1H3;/q;2*-1;+2. The van der Waals surface area contributed by atoms with Crippen molar-refractivity contribution in [3.8, 4) is 0 Å². The first-order chi connectivity index (χ1) is 29.3. The van der Waals surface area contributed by atoms with E-state index >= 15 is 0 Å². The predicted molar refractivity (Wildman–Crippen MR) is 262 cm³/mol. The molecule has 3 heteroatoms. The molecule has 1 aliphatic rings. The first-order valence-corrected chi connectivity index (χ1v) is 24.4. The molecule has 4 aromatic carbocycles. The molecule has 0 aliphatic carbocycles. The average molecular weight is 914 g/mol. The molecule has 0 atom stereocenters. The van der Waals surface area contributed by atoms with Gasteiger partial charge in [0.1, 0.15) is 0 Å². The van der Waals surface area contributed by atoms with Gasteiger partial charge in [-0.2, -0.15) is 71.8 Å². The van der Waals surface area contributed by atoms with Gasteiger partial charge in [0.15, 0.2) is 0 Å². The van der Waals surface area contributed by atoms with Crippen LogP contribution in [0, 0.1) is 26.0 Å². The molecule has 2 nitrogen and oxygen atoms in total. The van der Waals surface area contributed by atoms with Gasteiger partial charge in [0, 0.05) is 22.3 Å². The second kappa shape index (κ2) is 32.3. The van der Waals surface area contributed by atoms with Crippen LogP contribution in [0.3, 0.4) is 0 Å². The van der Waals surface area contributed by atoms with E-state index in [1.54, 1.807) is 4.70 Å². The Labute approximate surface area is 389 Å². The third kappa shape index (κ3) is 19.7. The summed E-state index contributed by atoms with van der Waals surface area (Å²) >= 11 is 0. The van der Waals surface area contributed by atoms with E-state index in [0.717, 1.165) is 62.8 Å². The molecule has 0 saturated carbocycles. The van der Waals surface area contributed by atoms with E-state index in [0.29, 0.717) is 0 Å². The Morgan fingerprint density at radius 1 is 0.393 bits per heavy atom. The van der Waals surface area contributed by atoms with Crippen LogP contribution in [-0.2, 0) is 46.1 Å². The summed E-state index contributed by atoms with van der Waals surface area (Å²) in [5.74, 6) is 0. The molecule has 5 rings (SSSR count). The summed E-state index contributed by atoms with van der Waals surface area (Å²) in [5, 5.41) is 0. The molecule has 0 unspecified atom stereocenters. The van der Waals surface area contributed by atoms with E-state index in [4.69, 9.17) is 0 Å². The van der Waals surface area contributed by atoms with E-state index in [9.17, 15) is 5.53 Å². The normalized spacial score (nSPS) is 12.2. The molecule has 0 aromatic heterocycles. The maximum Gasteiger partial charge on any atom is 2.00 e. The van der Waals surface area contributed by atoms with Crippen molar-refractivity contribution in [1.29, 1.82) is 0 Å². The van der Waals surface area contributed by atoms with Crippen LogP contribution in [0.25, 0.3) is 16.9 Å². The number of unbranched alkanes of at least 4 members (excludes halogenated alkanes) is 10. The maximum atomic E-state index is 12.5. The quantitative estimate of drug-likeness (QED) is 0.0290. The van der Waals surface area contributed by atoms with E-state index in [2.05, 4.69) is 104 Å². The van der Waals surface area contributed by atoms with Gasteiger partial charge >= 0.3 is 20.4 Å². The second-order valence-corrected chi connectivity index (χ2v) is 17.2. The van der Waals surface area contributed by atoms with Gasteiger partial charge in [-0.05, 0) is 124 Å².